The van der Waals surface area contributed by atoms with Gasteiger partial charge in [0.2, 0.25) is 5.43 Å². The van der Waals surface area contributed by atoms with E-state index in [1.165, 1.54) is 0 Å². The summed E-state index contributed by atoms with van der Waals surface area (Å²) in [5, 5.41) is 0.537. The van der Waals surface area contributed by atoms with E-state index in [2.05, 4.69) is 4.98 Å². The van der Waals surface area contributed by atoms with Crippen LogP contribution in [0.3, 0.4) is 0 Å². The number of para-hydroxylation sites is 1. The van der Waals surface area contributed by atoms with Crippen LogP contribution in [0.15, 0.2) is 71.7 Å². The maximum absolute atomic E-state index is 13.2. The highest BCUT2D eigenvalue weighted by Crippen LogP contribution is 2.17. The van der Waals surface area contributed by atoms with Gasteiger partial charge in [-0.15, -0.1) is 0 Å². The van der Waals surface area contributed by atoms with E-state index in [-0.39, 0.29) is 16.8 Å². The number of ketones is 1. The van der Waals surface area contributed by atoms with Crippen molar-refractivity contribution in [1.82, 2.24) is 9.55 Å². The Bertz CT molecular complexity index is 1300. The lowest BCUT2D eigenvalue weighted by Crippen LogP contribution is -2.20. The van der Waals surface area contributed by atoms with Crippen LogP contribution in [0.5, 0.6) is 0 Å². The Morgan fingerprint density at radius 3 is 2.48 bits per heavy atom. The van der Waals surface area contributed by atoms with E-state index in [1.807, 2.05) is 73.9 Å². The molecule has 144 valence electrons. The molecule has 2 heterocycles. The minimum Gasteiger partial charge on any atom is -0.340 e. The van der Waals surface area contributed by atoms with Gasteiger partial charge in [0, 0.05) is 22.8 Å². The third kappa shape index (κ3) is 3.61. The van der Waals surface area contributed by atoms with Gasteiger partial charge in [0.15, 0.2) is 5.78 Å². The second-order valence-electron chi connectivity index (χ2n) is 7.42. The maximum atomic E-state index is 13.2. The van der Waals surface area contributed by atoms with Gasteiger partial charge < -0.3 is 4.57 Å². The number of rotatable bonds is 4. The molecule has 2 aromatic heterocycles. The summed E-state index contributed by atoms with van der Waals surface area (Å²) >= 11 is 0. The van der Waals surface area contributed by atoms with E-state index in [0.29, 0.717) is 17.5 Å². The van der Waals surface area contributed by atoms with Gasteiger partial charge >= 0.3 is 0 Å². The number of carbonyl (C=O) groups excluding carboxylic acids is 1. The van der Waals surface area contributed by atoms with E-state index in [1.54, 1.807) is 18.3 Å². The monoisotopic (exact) mass is 382 g/mol. The molecule has 0 N–H and O–H groups in total. The second kappa shape index (κ2) is 7.47. The zero-order chi connectivity index (χ0) is 20.5. The fourth-order valence-corrected chi connectivity index (χ4v) is 3.54. The lowest BCUT2D eigenvalue weighted by atomic mass is 9.99. The van der Waals surface area contributed by atoms with Gasteiger partial charge in [-0.2, -0.15) is 0 Å². The lowest BCUT2D eigenvalue weighted by Gasteiger charge is -2.13. The summed E-state index contributed by atoms with van der Waals surface area (Å²) in [6, 6.07) is 18.8. The smallest absolute Gasteiger partial charge is 0.200 e. The molecule has 0 atom stereocenters. The molecular formula is C25H22N2O2. The molecule has 0 radical (unpaired) electrons. The van der Waals surface area contributed by atoms with Crippen LogP contribution in [-0.2, 0) is 6.54 Å². The van der Waals surface area contributed by atoms with Crippen molar-refractivity contribution in [3.05, 3.63) is 111 Å². The van der Waals surface area contributed by atoms with Crippen molar-refractivity contribution >= 4 is 16.7 Å². The summed E-state index contributed by atoms with van der Waals surface area (Å²) in [5.74, 6) is -0.255. The first-order valence-corrected chi connectivity index (χ1v) is 9.61. The molecule has 4 aromatic rings. The van der Waals surface area contributed by atoms with E-state index < -0.39 is 0 Å². The van der Waals surface area contributed by atoms with Crippen LogP contribution < -0.4 is 5.43 Å². The van der Waals surface area contributed by atoms with Crippen molar-refractivity contribution in [1.29, 1.82) is 0 Å². The summed E-state index contributed by atoms with van der Waals surface area (Å²) in [6.07, 6.45) is 1.67. The zero-order valence-corrected chi connectivity index (χ0v) is 16.8. The van der Waals surface area contributed by atoms with Crippen molar-refractivity contribution < 1.29 is 4.79 Å². The number of fused-ring (bicyclic) bond motifs is 1. The van der Waals surface area contributed by atoms with E-state index in [9.17, 15) is 9.59 Å². The van der Waals surface area contributed by atoms with Crippen LogP contribution in [0.4, 0.5) is 0 Å². The number of aromatic nitrogens is 2. The van der Waals surface area contributed by atoms with Gasteiger partial charge in [-0.25, -0.2) is 0 Å². The Morgan fingerprint density at radius 1 is 0.931 bits per heavy atom. The molecule has 0 aliphatic rings. The first-order chi connectivity index (χ1) is 13.9. The summed E-state index contributed by atoms with van der Waals surface area (Å²) in [5.41, 5.74) is 5.21. The molecule has 0 aliphatic heterocycles. The number of hydrogen-bond donors (Lipinski definition) is 0. The highest BCUT2D eigenvalue weighted by molar-refractivity contribution is 6.10. The molecule has 29 heavy (non-hydrogen) atoms. The van der Waals surface area contributed by atoms with Gasteiger partial charge in [0.05, 0.1) is 23.3 Å². The zero-order valence-electron chi connectivity index (χ0n) is 16.8. The maximum Gasteiger partial charge on any atom is 0.200 e. The number of carbonyl (C=O) groups is 1. The normalized spacial score (nSPS) is 11.0. The Morgan fingerprint density at radius 2 is 1.72 bits per heavy atom. The van der Waals surface area contributed by atoms with Crippen molar-refractivity contribution in [3.63, 3.8) is 0 Å². The fourth-order valence-electron chi connectivity index (χ4n) is 3.54. The predicted octanol–water partition coefficient (Wildman–Crippen LogP) is 4.60. The highest BCUT2D eigenvalue weighted by atomic mass is 16.1. The average Bonchev–Trinajstić information content (AvgIpc) is 2.72. The molecule has 4 heteroatoms. The minimum absolute atomic E-state index is 0.180. The quantitative estimate of drug-likeness (QED) is 0.485. The van der Waals surface area contributed by atoms with Crippen LogP contribution in [0.1, 0.15) is 38.4 Å². The van der Waals surface area contributed by atoms with Gasteiger partial charge in [0.1, 0.15) is 0 Å². The van der Waals surface area contributed by atoms with Crippen molar-refractivity contribution in [3.8, 4) is 0 Å². The third-order valence-electron chi connectivity index (χ3n) is 5.28. The highest BCUT2D eigenvalue weighted by Gasteiger charge is 2.18. The molecule has 0 fully saturated rings. The lowest BCUT2D eigenvalue weighted by molar-refractivity contribution is 0.103. The third-order valence-corrected chi connectivity index (χ3v) is 5.28. The Labute approximate surface area is 169 Å². The second-order valence-corrected chi connectivity index (χ2v) is 7.42. The van der Waals surface area contributed by atoms with E-state index in [0.717, 1.165) is 28.0 Å². The molecule has 0 saturated carbocycles. The Balaban J connectivity index is 1.88. The molecule has 0 amide bonds. The van der Waals surface area contributed by atoms with Gasteiger partial charge in [-0.3, -0.25) is 14.6 Å². The van der Waals surface area contributed by atoms with Crippen LogP contribution in [0, 0.1) is 20.8 Å². The van der Waals surface area contributed by atoms with Crippen LogP contribution in [-0.4, -0.2) is 15.3 Å². The van der Waals surface area contributed by atoms with Gasteiger partial charge in [-0.1, -0.05) is 30.3 Å². The molecule has 0 aliphatic carbocycles. The first kappa shape index (κ1) is 18.8. The largest absolute Gasteiger partial charge is 0.340 e. The van der Waals surface area contributed by atoms with Crippen molar-refractivity contribution in [2.45, 2.75) is 27.3 Å². The molecule has 4 rings (SSSR count). The van der Waals surface area contributed by atoms with Gasteiger partial charge in [-0.05, 0) is 62.2 Å². The number of benzene rings is 2. The number of hydrogen-bond acceptors (Lipinski definition) is 3. The molecule has 0 bridgehead atoms. The summed E-state index contributed by atoms with van der Waals surface area (Å²) in [7, 11) is 0. The van der Waals surface area contributed by atoms with Crippen molar-refractivity contribution in [2.75, 3.05) is 0 Å². The number of nitrogens with zero attached hydrogens (tertiary/aromatic N) is 2. The minimum atomic E-state index is -0.255. The molecule has 0 spiro atoms. The standard InChI is InChI=1S/C25H22N2O2/c1-16-11-12-19(13-17(16)2)24(28)22-15-27(14-20-8-6-7-18(3)26-20)23-10-5-4-9-21(23)25(22)29/h4-13,15H,14H2,1-3H3. The summed E-state index contributed by atoms with van der Waals surface area (Å²) in [4.78, 5) is 30.9. The SMILES string of the molecule is Cc1cccc(Cn2cc(C(=O)c3ccc(C)c(C)c3)c(=O)c3ccccc32)n1. The average molecular weight is 382 g/mol. The number of pyridine rings is 2. The van der Waals surface area contributed by atoms with E-state index in [4.69, 9.17) is 0 Å². The predicted molar refractivity (Wildman–Crippen MR) is 116 cm³/mol. The first-order valence-electron chi connectivity index (χ1n) is 9.61. The van der Waals surface area contributed by atoms with Crippen molar-refractivity contribution in [2.24, 2.45) is 0 Å². The Hall–Kier alpha value is -3.53. The molecule has 2 aromatic carbocycles. The molecular weight excluding hydrogens is 360 g/mol. The topological polar surface area (TPSA) is 52.0 Å². The summed E-state index contributed by atoms with van der Waals surface area (Å²) in [6.45, 7) is 6.40. The molecule has 0 unspecified atom stereocenters. The number of aryl methyl sites for hydroxylation is 3. The van der Waals surface area contributed by atoms with Gasteiger partial charge in [0.25, 0.3) is 0 Å². The van der Waals surface area contributed by atoms with Crippen LogP contribution in [0.2, 0.25) is 0 Å². The van der Waals surface area contributed by atoms with Crippen LogP contribution >= 0.6 is 0 Å². The van der Waals surface area contributed by atoms with Crippen LogP contribution in [0.25, 0.3) is 10.9 Å². The summed E-state index contributed by atoms with van der Waals surface area (Å²) < 4.78 is 1.94. The molecule has 0 saturated heterocycles. The fraction of sp³-hybridized carbons (Fsp3) is 0.160. The van der Waals surface area contributed by atoms with E-state index >= 15 is 0 Å². The Kier molecular flexibility index (Phi) is 4.85. The molecule has 4 nitrogen and oxygen atoms in total.